The lowest BCUT2D eigenvalue weighted by Crippen LogP contribution is -2.39. The van der Waals surface area contributed by atoms with E-state index < -0.39 is 17.1 Å². The van der Waals surface area contributed by atoms with Crippen LogP contribution in [0.2, 0.25) is 0 Å². The number of benzene rings is 1. The van der Waals surface area contributed by atoms with Gasteiger partial charge in [0, 0.05) is 25.5 Å². The molecule has 0 aliphatic rings. The summed E-state index contributed by atoms with van der Waals surface area (Å²) < 4.78 is 2.52. The zero-order valence-electron chi connectivity index (χ0n) is 11.4. The van der Waals surface area contributed by atoms with Gasteiger partial charge in [0.2, 0.25) is 0 Å². The van der Waals surface area contributed by atoms with Crippen molar-refractivity contribution in [2.45, 2.75) is 6.54 Å². The number of carboxylic acids is 1. The van der Waals surface area contributed by atoms with Crippen LogP contribution in [0.3, 0.4) is 0 Å². The average molecular weight is 286 g/mol. The lowest BCUT2D eigenvalue weighted by molar-refractivity contribution is -0.131. The molecule has 1 aromatic heterocycles. The third-order valence-electron chi connectivity index (χ3n) is 3.04. The number of rotatable bonds is 4. The van der Waals surface area contributed by atoms with Gasteiger partial charge < -0.3 is 14.2 Å². The fourth-order valence-electron chi connectivity index (χ4n) is 1.90. The third-order valence-corrected chi connectivity index (χ3v) is 3.04. The Morgan fingerprint density at radius 2 is 1.90 bits per heavy atom. The largest absolute Gasteiger partial charge is 0.478 e. The molecule has 0 aliphatic carbocycles. The van der Waals surface area contributed by atoms with Crippen molar-refractivity contribution in [2.75, 3.05) is 0 Å². The molecule has 21 heavy (non-hydrogen) atoms. The predicted octanol–water partition coefficient (Wildman–Crippen LogP) is 0.693. The molecule has 0 fully saturated rings. The number of carboxylic acid groups (broad SMARTS) is 1. The lowest BCUT2D eigenvalue weighted by Gasteiger charge is -2.09. The second-order valence-corrected chi connectivity index (χ2v) is 4.52. The molecule has 1 N–H and O–H groups in total. The summed E-state index contributed by atoms with van der Waals surface area (Å²) in [5, 5.41) is 8.68. The quantitative estimate of drug-likeness (QED) is 0.662. The molecule has 0 radical (unpaired) electrons. The van der Waals surface area contributed by atoms with Gasteiger partial charge in [-0.3, -0.25) is 9.59 Å². The van der Waals surface area contributed by atoms with Gasteiger partial charge in [-0.1, -0.05) is 24.3 Å². The van der Waals surface area contributed by atoms with Crippen LogP contribution in [0.1, 0.15) is 11.1 Å². The van der Waals surface area contributed by atoms with Gasteiger partial charge in [-0.15, -0.1) is 0 Å². The van der Waals surface area contributed by atoms with E-state index in [-0.39, 0.29) is 6.54 Å². The Morgan fingerprint density at radius 3 is 2.62 bits per heavy atom. The summed E-state index contributed by atoms with van der Waals surface area (Å²) in [6, 6.07) is 7.10. The van der Waals surface area contributed by atoms with Crippen LogP contribution < -0.4 is 11.1 Å². The first-order chi connectivity index (χ1) is 9.99. The number of aliphatic carboxylic acids is 1. The summed E-state index contributed by atoms with van der Waals surface area (Å²) in [7, 11) is 1.51. The molecule has 1 heterocycles. The maximum Gasteiger partial charge on any atom is 0.328 e. The standard InChI is InChI=1S/C15H14N2O4/c1-16-8-9-17(15(21)14(16)20)10-12-5-3-2-4-11(12)6-7-13(18)19/h2-9H,10H2,1H3,(H,18,19). The Labute approximate surface area is 120 Å². The number of nitrogens with zero attached hydrogens (tertiary/aromatic N) is 2. The molecule has 0 amide bonds. The highest BCUT2D eigenvalue weighted by atomic mass is 16.4. The van der Waals surface area contributed by atoms with Gasteiger partial charge >= 0.3 is 17.1 Å². The number of hydrogen-bond acceptors (Lipinski definition) is 3. The van der Waals surface area contributed by atoms with Gasteiger partial charge in [0.1, 0.15) is 0 Å². The van der Waals surface area contributed by atoms with Crippen molar-refractivity contribution in [3.8, 4) is 0 Å². The molecule has 2 aromatic rings. The van der Waals surface area contributed by atoms with Crippen LogP contribution in [-0.4, -0.2) is 20.2 Å². The second kappa shape index (κ2) is 6.04. The van der Waals surface area contributed by atoms with Gasteiger partial charge in [-0.05, 0) is 17.2 Å². The van der Waals surface area contributed by atoms with Crippen molar-refractivity contribution in [1.29, 1.82) is 0 Å². The average Bonchev–Trinajstić information content (AvgIpc) is 2.47. The van der Waals surface area contributed by atoms with E-state index in [2.05, 4.69) is 0 Å². The Kier molecular flexibility index (Phi) is 4.18. The van der Waals surface area contributed by atoms with Crippen LogP contribution in [0.4, 0.5) is 0 Å². The molecular formula is C15H14N2O4. The van der Waals surface area contributed by atoms with Crippen molar-refractivity contribution in [1.82, 2.24) is 9.13 Å². The number of aryl methyl sites for hydroxylation is 1. The summed E-state index contributed by atoms with van der Waals surface area (Å²) in [5.41, 5.74) is 0.228. The van der Waals surface area contributed by atoms with Crippen LogP contribution in [-0.2, 0) is 18.4 Å². The van der Waals surface area contributed by atoms with E-state index in [0.29, 0.717) is 5.56 Å². The fourth-order valence-corrected chi connectivity index (χ4v) is 1.90. The summed E-state index contributed by atoms with van der Waals surface area (Å²) in [4.78, 5) is 34.1. The van der Waals surface area contributed by atoms with E-state index in [9.17, 15) is 14.4 Å². The van der Waals surface area contributed by atoms with Gasteiger partial charge in [0.25, 0.3) is 0 Å². The van der Waals surface area contributed by atoms with Crippen molar-refractivity contribution >= 4 is 12.0 Å². The Hall–Kier alpha value is -2.89. The van der Waals surface area contributed by atoms with Gasteiger partial charge in [-0.25, -0.2) is 4.79 Å². The van der Waals surface area contributed by atoms with E-state index in [4.69, 9.17) is 5.11 Å². The molecule has 0 spiro atoms. The Bertz CT molecular complexity index is 815. The molecule has 108 valence electrons. The number of aromatic nitrogens is 2. The minimum Gasteiger partial charge on any atom is -0.478 e. The van der Waals surface area contributed by atoms with Crippen LogP contribution in [0.25, 0.3) is 6.08 Å². The molecule has 0 aliphatic heterocycles. The Balaban J connectivity index is 2.41. The first kappa shape index (κ1) is 14.5. The topological polar surface area (TPSA) is 81.3 Å². The molecule has 0 unspecified atom stereocenters. The summed E-state index contributed by atoms with van der Waals surface area (Å²) in [6.07, 6.45) is 5.54. The van der Waals surface area contributed by atoms with E-state index in [1.807, 2.05) is 0 Å². The predicted molar refractivity (Wildman–Crippen MR) is 78.2 cm³/mol. The maximum atomic E-state index is 11.9. The van der Waals surface area contributed by atoms with Crippen LogP contribution in [0.5, 0.6) is 0 Å². The molecule has 2 rings (SSSR count). The molecule has 0 bridgehead atoms. The van der Waals surface area contributed by atoms with E-state index in [1.54, 1.807) is 24.3 Å². The molecule has 0 atom stereocenters. The van der Waals surface area contributed by atoms with Crippen molar-refractivity contribution < 1.29 is 9.90 Å². The summed E-state index contributed by atoms with van der Waals surface area (Å²) in [5.74, 6) is -1.05. The zero-order chi connectivity index (χ0) is 15.4. The van der Waals surface area contributed by atoms with E-state index in [0.717, 1.165) is 11.6 Å². The first-order valence-electron chi connectivity index (χ1n) is 6.24. The van der Waals surface area contributed by atoms with Gasteiger partial charge in [0.15, 0.2) is 0 Å². The van der Waals surface area contributed by atoms with Gasteiger partial charge in [-0.2, -0.15) is 0 Å². The van der Waals surface area contributed by atoms with E-state index in [1.165, 1.54) is 34.7 Å². The third kappa shape index (κ3) is 3.36. The molecule has 0 saturated carbocycles. The van der Waals surface area contributed by atoms with Crippen molar-refractivity contribution in [2.24, 2.45) is 7.05 Å². The monoisotopic (exact) mass is 286 g/mol. The van der Waals surface area contributed by atoms with Crippen molar-refractivity contribution in [3.05, 3.63) is 74.6 Å². The highest BCUT2D eigenvalue weighted by Crippen LogP contribution is 2.11. The number of hydrogen-bond donors (Lipinski definition) is 1. The summed E-state index contributed by atoms with van der Waals surface area (Å²) >= 11 is 0. The molecule has 0 saturated heterocycles. The summed E-state index contributed by atoms with van der Waals surface area (Å²) in [6.45, 7) is 0.203. The molecule has 6 heteroatoms. The van der Waals surface area contributed by atoms with E-state index >= 15 is 0 Å². The normalized spacial score (nSPS) is 10.9. The minimum atomic E-state index is -1.05. The molecule has 6 nitrogen and oxygen atoms in total. The maximum absolute atomic E-state index is 11.9. The highest BCUT2D eigenvalue weighted by molar-refractivity contribution is 5.85. The smallest absolute Gasteiger partial charge is 0.328 e. The highest BCUT2D eigenvalue weighted by Gasteiger charge is 2.05. The van der Waals surface area contributed by atoms with Crippen LogP contribution >= 0.6 is 0 Å². The number of carbonyl (C=O) groups is 1. The molecular weight excluding hydrogens is 272 g/mol. The minimum absolute atomic E-state index is 0.203. The Morgan fingerprint density at radius 1 is 1.19 bits per heavy atom. The zero-order valence-corrected chi connectivity index (χ0v) is 11.4. The van der Waals surface area contributed by atoms with Crippen LogP contribution in [0, 0.1) is 0 Å². The molecule has 1 aromatic carbocycles. The second-order valence-electron chi connectivity index (χ2n) is 4.52. The SMILES string of the molecule is Cn1ccn(Cc2ccccc2C=CC(=O)O)c(=O)c1=O. The fraction of sp³-hybridized carbons (Fsp3) is 0.133. The van der Waals surface area contributed by atoms with Gasteiger partial charge in [0.05, 0.1) is 6.54 Å². The van der Waals surface area contributed by atoms with Crippen LogP contribution in [0.15, 0.2) is 52.3 Å². The van der Waals surface area contributed by atoms with Crippen molar-refractivity contribution in [3.63, 3.8) is 0 Å². The lowest BCUT2D eigenvalue weighted by atomic mass is 10.1. The first-order valence-corrected chi connectivity index (χ1v) is 6.24.